The van der Waals surface area contributed by atoms with Crippen molar-refractivity contribution in [2.45, 2.75) is 13.0 Å². The molecule has 116 valence electrons. The van der Waals surface area contributed by atoms with E-state index in [1.807, 2.05) is 54.6 Å². The SMILES string of the molecule is O=C(O)Cc1csc(COc2ccccc2-c2ccccc2)n1. The van der Waals surface area contributed by atoms with E-state index in [1.165, 1.54) is 11.3 Å². The van der Waals surface area contributed by atoms with Gasteiger partial charge in [0, 0.05) is 10.9 Å². The van der Waals surface area contributed by atoms with E-state index in [2.05, 4.69) is 4.98 Å². The van der Waals surface area contributed by atoms with Crippen molar-refractivity contribution in [3.8, 4) is 16.9 Å². The second-order valence-electron chi connectivity index (χ2n) is 4.95. The van der Waals surface area contributed by atoms with E-state index in [0.29, 0.717) is 12.3 Å². The second-order valence-corrected chi connectivity index (χ2v) is 5.90. The van der Waals surface area contributed by atoms with Crippen LogP contribution in [0.1, 0.15) is 10.7 Å². The Morgan fingerprint density at radius 2 is 1.83 bits per heavy atom. The average Bonchev–Trinajstić information content (AvgIpc) is 3.01. The third-order valence-corrected chi connectivity index (χ3v) is 4.13. The number of ether oxygens (including phenoxy) is 1. The summed E-state index contributed by atoms with van der Waals surface area (Å²) in [6.45, 7) is 0.328. The van der Waals surface area contributed by atoms with E-state index < -0.39 is 5.97 Å². The molecule has 0 amide bonds. The number of carboxylic acid groups (broad SMARTS) is 1. The van der Waals surface area contributed by atoms with Gasteiger partial charge in [0.2, 0.25) is 0 Å². The molecule has 5 heteroatoms. The van der Waals surface area contributed by atoms with Gasteiger partial charge in [0.25, 0.3) is 0 Å². The van der Waals surface area contributed by atoms with Crippen molar-refractivity contribution in [3.63, 3.8) is 0 Å². The molecule has 1 N–H and O–H groups in total. The summed E-state index contributed by atoms with van der Waals surface area (Å²) in [6, 6.07) is 17.9. The zero-order chi connectivity index (χ0) is 16.1. The Balaban J connectivity index is 1.74. The van der Waals surface area contributed by atoms with Crippen LogP contribution in [0.5, 0.6) is 5.75 Å². The molecule has 0 fully saturated rings. The predicted molar refractivity (Wildman–Crippen MR) is 89.7 cm³/mol. The zero-order valence-electron chi connectivity index (χ0n) is 12.3. The molecule has 0 radical (unpaired) electrons. The molecule has 0 aliphatic rings. The monoisotopic (exact) mass is 325 g/mol. The molecule has 1 aromatic heterocycles. The van der Waals surface area contributed by atoms with Crippen molar-refractivity contribution in [3.05, 3.63) is 70.7 Å². The van der Waals surface area contributed by atoms with Crippen molar-refractivity contribution in [1.82, 2.24) is 4.98 Å². The minimum atomic E-state index is -0.878. The maximum Gasteiger partial charge on any atom is 0.309 e. The molecule has 0 saturated carbocycles. The van der Waals surface area contributed by atoms with Crippen LogP contribution in [-0.2, 0) is 17.8 Å². The van der Waals surface area contributed by atoms with Gasteiger partial charge >= 0.3 is 5.97 Å². The van der Waals surface area contributed by atoms with E-state index in [-0.39, 0.29) is 6.42 Å². The molecule has 23 heavy (non-hydrogen) atoms. The van der Waals surface area contributed by atoms with Crippen molar-refractivity contribution in [1.29, 1.82) is 0 Å². The van der Waals surface area contributed by atoms with Gasteiger partial charge in [-0.2, -0.15) is 0 Å². The van der Waals surface area contributed by atoms with Gasteiger partial charge in [-0.3, -0.25) is 4.79 Å². The zero-order valence-corrected chi connectivity index (χ0v) is 13.1. The fourth-order valence-electron chi connectivity index (χ4n) is 2.24. The number of rotatable bonds is 6. The van der Waals surface area contributed by atoms with Crippen molar-refractivity contribution in [2.24, 2.45) is 0 Å². The van der Waals surface area contributed by atoms with Crippen LogP contribution in [-0.4, -0.2) is 16.1 Å². The minimum absolute atomic E-state index is 0.0584. The lowest BCUT2D eigenvalue weighted by Crippen LogP contribution is -2.01. The summed E-state index contributed by atoms with van der Waals surface area (Å²) in [5, 5.41) is 11.3. The molecular formula is C18H15NO3S. The molecule has 3 rings (SSSR count). The highest BCUT2D eigenvalue weighted by atomic mass is 32.1. The van der Waals surface area contributed by atoms with Crippen molar-refractivity contribution >= 4 is 17.3 Å². The molecule has 0 saturated heterocycles. The maximum atomic E-state index is 10.7. The lowest BCUT2D eigenvalue weighted by Gasteiger charge is -2.10. The highest BCUT2D eigenvalue weighted by molar-refractivity contribution is 7.09. The Hall–Kier alpha value is -2.66. The third-order valence-electron chi connectivity index (χ3n) is 3.25. The fourth-order valence-corrected chi connectivity index (χ4v) is 2.94. The minimum Gasteiger partial charge on any atom is -0.486 e. The van der Waals surface area contributed by atoms with Crippen LogP contribution >= 0.6 is 11.3 Å². The summed E-state index contributed by atoms with van der Waals surface area (Å²) in [7, 11) is 0. The highest BCUT2D eigenvalue weighted by Crippen LogP contribution is 2.30. The number of carboxylic acids is 1. The van der Waals surface area contributed by atoms with Crippen LogP contribution in [0, 0.1) is 0 Å². The summed E-state index contributed by atoms with van der Waals surface area (Å²) < 4.78 is 5.90. The molecule has 2 aromatic carbocycles. The van der Waals surface area contributed by atoms with E-state index >= 15 is 0 Å². The molecule has 0 spiro atoms. The fraction of sp³-hybridized carbons (Fsp3) is 0.111. The standard InChI is InChI=1S/C18H15NO3S/c20-18(21)10-14-12-23-17(19-14)11-22-16-9-5-4-8-15(16)13-6-2-1-3-7-13/h1-9,12H,10-11H2,(H,20,21). The summed E-state index contributed by atoms with van der Waals surface area (Å²) in [6.07, 6.45) is -0.0584. The number of aliphatic carboxylic acids is 1. The number of thiazole rings is 1. The Bertz CT molecular complexity index is 799. The van der Waals surface area contributed by atoms with Gasteiger partial charge in [-0.1, -0.05) is 48.5 Å². The van der Waals surface area contributed by atoms with Crippen LogP contribution in [0.3, 0.4) is 0 Å². The van der Waals surface area contributed by atoms with E-state index in [0.717, 1.165) is 21.9 Å². The van der Waals surface area contributed by atoms with Gasteiger partial charge in [-0.05, 0) is 11.6 Å². The normalized spacial score (nSPS) is 10.4. The number of para-hydroxylation sites is 1. The van der Waals surface area contributed by atoms with Crippen LogP contribution in [0.15, 0.2) is 60.0 Å². The lowest BCUT2D eigenvalue weighted by molar-refractivity contribution is -0.136. The molecule has 0 aliphatic carbocycles. The number of aromatic nitrogens is 1. The molecule has 0 aliphatic heterocycles. The van der Waals surface area contributed by atoms with Gasteiger partial charge in [0.05, 0.1) is 12.1 Å². The molecule has 0 atom stereocenters. The van der Waals surface area contributed by atoms with E-state index in [1.54, 1.807) is 5.38 Å². The molecule has 4 nitrogen and oxygen atoms in total. The number of carbonyl (C=O) groups is 1. The first-order valence-corrected chi connectivity index (χ1v) is 8.02. The van der Waals surface area contributed by atoms with Crippen LogP contribution in [0.4, 0.5) is 0 Å². The van der Waals surface area contributed by atoms with Crippen molar-refractivity contribution < 1.29 is 14.6 Å². The third kappa shape index (κ3) is 3.96. The quantitative estimate of drug-likeness (QED) is 0.744. The lowest BCUT2D eigenvalue weighted by atomic mass is 10.1. The number of hydrogen-bond acceptors (Lipinski definition) is 4. The molecular weight excluding hydrogens is 310 g/mol. The summed E-state index contributed by atoms with van der Waals surface area (Å²) in [4.78, 5) is 15.0. The second kappa shape index (κ2) is 7.07. The van der Waals surface area contributed by atoms with Crippen LogP contribution in [0.25, 0.3) is 11.1 Å². The number of nitrogens with zero attached hydrogens (tertiary/aromatic N) is 1. The Morgan fingerprint density at radius 1 is 1.09 bits per heavy atom. The Labute approximate surface area is 138 Å². The number of hydrogen-bond donors (Lipinski definition) is 1. The Morgan fingerprint density at radius 3 is 2.61 bits per heavy atom. The first-order valence-electron chi connectivity index (χ1n) is 7.14. The van der Waals surface area contributed by atoms with Gasteiger partial charge in [0.1, 0.15) is 17.4 Å². The van der Waals surface area contributed by atoms with Gasteiger partial charge < -0.3 is 9.84 Å². The smallest absolute Gasteiger partial charge is 0.309 e. The first-order chi connectivity index (χ1) is 11.2. The highest BCUT2D eigenvalue weighted by Gasteiger charge is 2.09. The van der Waals surface area contributed by atoms with Crippen LogP contribution < -0.4 is 4.74 Å². The Kier molecular flexibility index (Phi) is 4.68. The molecule has 1 heterocycles. The topological polar surface area (TPSA) is 59.4 Å². The number of benzene rings is 2. The summed E-state index contributed by atoms with van der Waals surface area (Å²) >= 11 is 1.41. The predicted octanol–water partition coefficient (Wildman–Crippen LogP) is 4.02. The molecule has 0 unspecified atom stereocenters. The van der Waals surface area contributed by atoms with Gasteiger partial charge in [0.15, 0.2) is 0 Å². The average molecular weight is 325 g/mol. The summed E-state index contributed by atoms with van der Waals surface area (Å²) in [5.74, 6) is -0.0918. The van der Waals surface area contributed by atoms with Crippen LogP contribution in [0.2, 0.25) is 0 Å². The maximum absolute atomic E-state index is 10.7. The molecule has 3 aromatic rings. The largest absolute Gasteiger partial charge is 0.486 e. The van der Waals surface area contributed by atoms with Gasteiger partial charge in [-0.25, -0.2) is 4.98 Å². The van der Waals surface area contributed by atoms with E-state index in [4.69, 9.17) is 9.84 Å². The van der Waals surface area contributed by atoms with Gasteiger partial charge in [-0.15, -0.1) is 11.3 Å². The van der Waals surface area contributed by atoms with E-state index in [9.17, 15) is 4.79 Å². The van der Waals surface area contributed by atoms with Crippen molar-refractivity contribution in [2.75, 3.05) is 0 Å². The first kappa shape index (κ1) is 15.2. The molecule has 0 bridgehead atoms. The summed E-state index contributed by atoms with van der Waals surface area (Å²) in [5.41, 5.74) is 2.68.